The van der Waals surface area contributed by atoms with Gasteiger partial charge in [-0.25, -0.2) is 0 Å². The topological polar surface area (TPSA) is 0 Å². The molecule has 0 fully saturated rings. The number of aryl methyl sites for hydroxylation is 2. The molecule has 0 saturated heterocycles. The fourth-order valence-electron chi connectivity index (χ4n) is 8.24. The standard InChI is InChI=1S/C48H36/c1-31-15-3-6-21-37(31)45-30-35-17-5-8-23-40(35)46(32(45)2)48-43-26-11-9-24-41(43)47(42-25-10-12-27-44(42)48)36-20-13-19-34(29-36)39-28-14-18-33-16-4-7-22-38(33)39/h3-13,15-17,19-30H,14,18H2,1-2H3. The highest BCUT2D eigenvalue weighted by atomic mass is 14.3. The normalized spacial score (nSPS) is 12.8. The molecular formula is C48H36. The third-order valence-corrected chi connectivity index (χ3v) is 10.5. The van der Waals surface area contributed by atoms with Crippen molar-refractivity contribution in [2.75, 3.05) is 0 Å². The van der Waals surface area contributed by atoms with Crippen LogP contribution in [0.25, 0.3) is 71.3 Å². The van der Waals surface area contributed by atoms with Gasteiger partial charge >= 0.3 is 0 Å². The van der Waals surface area contributed by atoms with Crippen molar-refractivity contribution in [3.05, 3.63) is 186 Å². The van der Waals surface area contributed by atoms with Crippen LogP contribution in [0.5, 0.6) is 0 Å². The van der Waals surface area contributed by atoms with Crippen molar-refractivity contribution in [2.45, 2.75) is 26.7 Å². The molecule has 9 rings (SSSR count). The van der Waals surface area contributed by atoms with Gasteiger partial charge in [-0.2, -0.15) is 0 Å². The van der Waals surface area contributed by atoms with Gasteiger partial charge < -0.3 is 0 Å². The zero-order valence-corrected chi connectivity index (χ0v) is 27.4. The van der Waals surface area contributed by atoms with E-state index in [4.69, 9.17) is 0 Å². The smallest absolute Gasteiger partial charge is 0.00172 e. The lowest BCUT2D eigenvalue weighted by molar-refractivity contribution is 0.978. The minimum absolute atomic E-state index is 1.08. The largest absolute Gasteiger partial charge is 0.0757 e. The molecule has 0 nitrogen and oxygen atoms in total. The Labute approximate surface area is 282 Å². The van der Waals surface area contributed by atoms with Gasteiger partial charge in [-0.05, 0) is 138 Å². The monoisotopic (exact) mass is 612 g/mol. The van der Waals surface area contributed by atoms with Gasteiger partial charge in [-0.15, -0.1) is 0 Å². The van der Waals surface area contributed by atoms with Gasteiger partial charge in [0, 0.05) is 0 Å². The number of allylic oxidation sites excluding steroid dienone is 1. The molecule has 0 aliphatic heterocycles. The number of benzene rings is 8. The average Bonchev–Trinajstić information content (AvgIpc) is 3.14. The zero-order chi connectivity index (χ0) is 32.2. The Hall–Kier alpha value is -5.72. The molecule has 0 unspecified atom stereocenters. The van der Waals surface area contributed by atoms with E-state index in [1.54, 1.807) is 0 Å². The molecule has 0 heterocycles. The maximum atomic E-state index is 2.43. The molecule has 0 spiro atoms. The van der Waals surface area contributed by atoms with Gasteiger partial charge in [0.05, 0.1) is 0 Å². The molecule has 8 aromatic carbocycles. The summed E-state index contributed by atoms with van der Waals surface area (Å²) < 4.78 is 0. The molecule has 0 saturated carbocycles. The lowest BCUT2D eigenvalue weighted by Gasteiger charge is -2.23. The molecule has 0 radical (unpaired) electrons. The van der Waals surface area contributed by atoms with Crippen molar-refractivity contribution in [2.24, 2.45) is 0 Å². The number of hydrogen-bond donors (Lipinski definition) is 0. The maximum absolute atomic E-state index is 2.43. The van der Waals surface area contributed by atoms with Crippen LogP contribution in [-0.2, 0) is 6.42 Å². The van der Waals surface area contributed by atoms with Gasteiger partial charge in [0.25, 0.3) is 0 Å². The second-order valence-corrected chi connectivity index (χ2v) is 13.2. The highest BCUT2D eigenvalue weighted by Crippen LogP contribution is 2.48. The lowest BCUT2D eigenvalue weighted by Crippen LogP contribution is -2.01. The third kappa shape index (κ3) is 4.52. The minimum atomic E-state index is 1.08. The second-order valence-electron chi connectivity index (χ2n) is 13.2. The minimum Gasteiger partial charge on any atom is -0.0757 e. The molecule has 48 heavy (non-hydrogen) atoms. The summed E-state index contributed by atoms with van der Waals surface area (Å²) in [4.78, 5) is 0. The fourth-order valence-corrected chi connectivity index (χ4v) is 8.24. The van der Waals surface area contributed by atoms with E-state index in [2.05, 4.69) is 172 Å². The molecule has 8 aromatic rings. The Morgan fingerprint density at radius 1 is 0.417 bits per heavy atom. The predicted molar refractivity (Wildman–Crippen MR) is 207 cm³/mol. The molecule has 0 bridgehead atoms. The Kier molecular flexibility index (Phi) is 6.83. The van der Waals surface area contributed by atoms with Crippen LogP contribution in [0.2, 0.25) is 0 Å². The first-order valence-electron chi connectivity index (χ1n) is 17.1. The molecule has 0 amide bonds. The summed E-state index contributed by atoms with van der Waals surface area (Å²) in [5.41, 5.74) is 15.8. The van der Waals surface area contributed by atoms with Gasteiger partial charge in [0.1, 0.15) is 0 Å². The molecular weight excluding hydrogens is 577 g/mol. The van der Waals surface area contributed by atoms with Gasteiger partial charge in [0.2, 0.25) is 0 Å². The van der Waals surface area contributed by atoms with Gasteiger partial charge in [-0.3, -0.25) is 0 Å². The SMILES string of the molecule is Cc1ccccc1-c1cc2ccccc2c(-c2c3ccccc3c(-c3cccc(C4=CCCc5ccccc54)c3)c3ccccc23)c1C. The first-order chi connectivity index (χ1) is 23.7. The fraction of sp³-hybridized carbons (Fsp3) is 0.0833. The van der Waals surface area contributed by atoms with E-state index in [-0.39, 0.29) is 0 Å². The molecule has 1 aliphatic carbocycles. The summed E-state index contributed by atoms with van der Waals surface area (Å²) in [6, 6.07) is 56.3. The van der Waals surface area contributed by atoms with Crippen LogP contribution in [-0.4, -0.2) is 0 Å². The van der Waals surface area contributed by atoms with Crippen LogP contribution >= 0.6 is 0 Å². The van der Waals surface area contributed by atoms with Crippen LogP contribution < -0.4 is 0 Å². The predicted octanol–water partition coefficient (Wildman–Crippen LogP) is 13.1. The van der Waals surface area contributed by atoms with E-state index in [0.29, 0.717) is 0 Å². The van der Waals surface area contributed by atoms with Crippen molar-refractivity contribution in [3.63, 3.8) is 0 Å². The van der Waals surface area contributed by atoms with Crippen LogP contribution in [0.15, 0.2) is 158 Å². The van der Waals surface area contributed by atoms with E-state index in [1.165, 1.54) is 99.1 Å². The average molecular weight is 613 g/mol. The highest BCUT2D eigenvalue weighted by Gasteiger charge is 2.22. The number of fused-ring (bicyclic) bond motifs is 4. The summed E-state index contributed by atoms with van der Waals surface area (Å²) in [5, 5.41) is 7.70. The Morgan fingerprint density at radius 3 is 1.73 bits per heavy atom. The lowest BCUT2D eigenvalue weighted by atomic mass is 9.80. The van der Waals surface area contributed by atoms with Crippen LogP contribution in [0, 0.1) is 13.8 Å². The van der Waals surface area contributed by atoms with Crippen molar-refractivity contribution in [1.29, 1.82) is 0 Å². The molecule has 228 valence electrons. The van der Waals surface area contributed by atoms with Crippen molar-refractivity contribution in [1.82, 2.24) is 0 Å². The Balaban J connectivity index is 1.35. The van der Waals surface area contributed by atoms with Crippen molar-refractivity contribution >= 4 is 37.9 Å². The summed E-state index contributed by atoms with van der Waals surface area (Å²) in [5.74, 6) is 0. The summed E-state index contributed by atoms with van der Waals surface area (Å²) in [7, 11) is 0. The first kappa shape index (κ1) is 28.5. The van der Waals surface area contributed by atoms with E-state index in [9.17, 15) is 0 Å². The van der Waals surface area contributed by atoms with E-state index in [1.807, 2.05) is 0 Å². The second kappa shape index (κ2) is 11.5. The summed E-state index contributed by atoms with van der Waals surface area (Å²) in [6.07, 6.45) is 4.61. The molecule has 0 N–H and O–H groups in total. The van der Waals surface area contributed by atoms with Crippen LogP contribution in [0.4, 0.5) is 0 Å². The number of rotatable bonds is 4. The molecule has 1 aliphatic rings. The zero-order valence-electron chi connectivity index (χ0n) is 27.4. The molecule has 0 atom stereocenters. The maximum Gasteiger partial charge on any atom is -0.00172 e. The first-order valence-corrected chi connectivity index (χ1v) is 17.1. The van der Waals surface area contributed by atoms with Crippen molar-refractivity contribution < 1.29 is 0 Å². The van der Waals surface area contributed by atoms with E-state index < -0.39 is 0 Å². The van der Waals surface area contributed by atoms with Crippen molar-refractivity contribution in [3.8, 4) is 33.4 Å². The Bertz CT molecular complexity index is 2520. The van der Waals surface area contributed by atoms with Crippen LogP contribution in [0.3, 0.4) is 0 Å². The van der Waals surface area contributed by atoms with Gasteiger partial charge in [-0.1, -0.05) is 146 Å². The molecule has 0 heteroatoms. The van der Waals surface area contributed by atoms with E-state index >= 15 is 0 Å². The Morgan fingerprint density at radius 2 is 1.00 bits per heavy atom. The quantitative estimate of drug-likeness (QED) is 0.173. The summed E-state index contributed by atoms with van der Waals surface area (Å²) in [6.45, 7) is 4.54. The van der Waals surface area contributed by atoms with Gasteiger partial charge in [0.15, 0.2) is 0 Å². The van der Waals surface area contributed by atoms with E-state index in [0.717, 1.165) is 12.8 Å². The summed E-state index contributed by atoms with van der Waals surface area (Å²) >= 11 is 0. The van der Waals surface area contributed by atoms with Crippen LogP contribution in [0.1, 0.15) is 34.2 Å². The molecule has 0 aromatic heterocycles. The highest BCUT2D eigenvalue weighted by molar-refractivity contribution is 6.24. The third-order valence-electron chi connectivity index (χ3n) is 10.5. The number of hydrogen-bond acceptors (Lipinski definition) is 0.